The molecule has 0 bridgehead atoms. The Morgan fingerprint density at radius 3 is 2.34 bits per heavy atom. The van der Waals surface area contributed by atoms with Crippen LogP contribution in [0.15, 0.2) is 60.7 Å². The van der Waals surface area contributed by atoms with E-state index in [0.717, 1.165) is 10.8 Å². The summed E-state index contributed by atoms with van der Waals surface area (Å²) < 4.78 is 5.25. The molecule has 6 heteroatoms. The van der Waals surface area contributed by atoms with Gasteiger partial charge >= 0.3 is 0 Å². The average Bonchev–Trinajstić information content (AvgIpc) is 2.71. The van der Waals surface area contributed by atoms with Gasteiger partial charge in [-0.05, 0) is 35.0 Å². The van der Waals surface area contributed by atoms with Crippen molar-refractivity contribution >= 4 is 39.7 Å². The van der Waals surface area contributed by atoms with Crippen LogP contribution in [0.2, 0.25) is 0 Å². The molecule has 0 spiro atoms. The molecule has 2 N–H and O–H groups in total. The molecule has 6 nitrogen and oxygen atoms in total. The second kappa shape index (κ2) is 9.01. The minimum Gasteiger partial charge on any atom is -0.495 e. The van der Waals surface area contributed by atoms with E-state index in [2.05, 4.69) is 10.6 Å². The third kappa shape index (κ3) is 5.19. The molecule has 29 heavy (non-hydrogen) atoms. The summed E-state index contributed by atoms with van der Waals surface area (Å²) in [4.78, 5) is 36.1. The van der Waals surface area contributed by atoms with Crippen LogP contribution in [0.5, 0.6) is 5.75 Å². The Morgan fingerprint density at radius 1 is 0.862 bits per heavy atom. The van der Waals surface area contributed by atoms with Crippen LogP contribution in [0.4, 0.5) is 11.4 Å². The lowest BCUT2D eigenvalue weighted by molar-refractivity contribution is -0.116. The molecular formula is C23H22N2O4. The summed E-state index contributed by atoms with van der Waals surface area (Å²) >= 11 is 0. The van der Waals surface area contributed by atoms with E-state index < -0.39 is 0 Å². The Balaban J connectivity index is 1.64. The molecule has 0 unspecified atom stereocenters. The minimum atomic E-state index is -0.308. The van der Waals surface area contributed by atoms with E-state index in [9.17, 15) is 14.4 Å². The summed E-state index contributed by atoms with van der Waals surface area (Å²) in [6.45, 7) is 1.40. The maximum atomic E-state index is 12.5. The number of benzene rings is 3. The predicted octanol–water partition coefficient (Wildman–Crippen LogP) is 4.41. The van der Waals surface area contributed by atoms with Gasteiger partial charge in [0.25, 0.3) is 0 Å². The number of ketones is 1. The number of nitrogens with one attached hydrogen (secondary N) is 2. The number of Topliss-reactive ketones (excluding diaryl/α,β-unsaturated/α-hetero) is 1. The van der Waals surface area contributed by atoms with Gasteiger partial charge in [0.05, 0.1) is 12.8 Å². The van der Waals surface area contributed by atoms with Gasteiger partial charge in [0.15, 0.2) is 5.78 Å². The Morgan fingerprint density at radius 2 is 1.62 bits per heavy atom. The Kier molecular flexibility index (Phi) is 6.24. The zero-order valence-corrected chi connectivity index (χ0v) is 16.3. The number of amides is 2. The first-order chi connectivity index (χ1) is 14.0. The van der Waals surface area contributed by atoms with Crippen LogP contribution in [0.25, 0.3) is 10.8 Å². The van der Waals surface area contributed by atoms with E-state index in [1.807, 2.05) is 36.4 Å². The molecule has 0 heterocycles. The number of anilines is 2. The van der Waals surface area contributed by atoms with Gasteiger partial charge < -0.3 is 15.4 Å². The Hall–Kier alpha value is -3.67. The lowest BCUT2D eigenvalue weighted by Gasteiger charge is -2.12. The van der Waals surface area contributed by atoms with Gasteiger partial charge in [-0.3, -0.25) is 14.4 Å². The highest BCUT2D eigenvalue weighted by Crippen LogP contribution is 2.28. The standard InChI is InChI=1S/C23H22N2O4/c1-15(26)24-19-9-11-22(29-2)20(14-19)25-23(28)12-10-21(27)18-8-7-16-5-3-4-6-17(16)13-18/h3-9,11,13-14H,10,12H2,1-2H3,(H,24,26)(H,25,28). The van der Waals surface area contributed by atoms with Crippen LogP contribution >= 0.6 is 0 Å². The second-order valence-electron chi connectivity index (χ2n) is 6.63. The number of carbonyl (C=O) groups excluding carboxylic acids is 3. The Bertz CT molecular complexity index is 1080. The zero-order valence-electron chi connectivity index (χ0n) is 16.3. The zero-order chi connectivity index (χ0) is 20.8. The molecule has 148 valence electrons. The largest absolute Gasteiger partial charge is 0.495 e. The number of methoxy groups -OCH3 is 1. The molecule has 0 aromatic heterocycles. The monoisotopic (exact) mass is 390 g/mol. The highest BCUT2D eigenvalue weighted by molar-refractivity contribution is 6.03. The molecule has 3 rings (SSSR count). The molecule has 0 fully saturated rings. The fourth-order valence-corrected chi connectivity index (χ4v) is 3.03. The number of fused-ring (bicyclic) bond motifs is 1. The fraction of sp³-hybridized carbons (Fsp3) is 0.174. The molecule has 3 aromatic carbocycles. The third-order valence-corrected chi connectivity index (χ3v) is 4.44. The van der Waals surface area contributed by atoms with E-state index in [-0.39, 0.29) is 30.4 Å². The molecule has 0 aliphatic rings. The number of rotatable bonds is 7. The molecule has 0 aliphatic carbocycles. The molecule has 0 saturated heterocycles. The number of ether oxygens (including phenoxy) is 1. The summed E-state index contributed by atoms with van der Waals surface area (Å²) in [7, 11) is 1.49. The molecule has 0 saturated carbocycles. The van der Waals surface area contributed by atoms with Crippen LogP contribution in [0.1, 0.15) is 30.1 Å². The average molecular weight is 390 g/mol. The van der Waals surface area contributed by atoms with Crippen molar-refractivity contribution in [2.45, 2.75) is 19.8 Å². The van der Waals surface area contributed by atoms with Gasteiger partial charge in [0.1, 0.15) is 5.75 Å². The van der Waals surface area contributed by atoms with E-state index in [1.165, 1.54) is 14.0 Å². The lowest BCUT2D eigenvalue weighted by Crippen LogP contribution is -2.15. The van der Waals surface area contributed by atoms with Crippen molar-refractivity contribution in [2.75, 3.05) is 17.7 Å². The first kappa shape index (κ1) is 20.1. The Labute approximate surface area is 168 Å². The molecular weight excluding hydrogens is 368 g/mol. The summed E-state index contributed by atoms with van der Waals surface area (Å²) in [5, 5.41) is 7.45. The highest BCUT2D eigenvalue weighted by Gasteiger charge is 2.13. The molecule has 3 aromatic rings. The minimum absolute atomic E-state index is 0.0409. The number of hydrogen-bond acceptors (Lipinski definition) is 4. The van der Waals surface area contributed by atoms with Crippen LogP contribution in [-0.2, 0) is 9.59 Å². The van der Waals surface area contributed by atoms with Crippen molar-refractivity contribution in [2.24, 2.45) is 0 Å². The van der Waals surface area contributed by atoms with Crippen LogP contribution < -0.4 is 15.4 Å². The smallest absolute Gasteiger partial charge is 0.224 e. The first-order valence-corrected chi connectivity index (χ1v) is 9.24. The van der Waals surface area contributed by atoms with E-state index in [1.54, 1.807) is 24.3 Å². The maximum Gasteiger partial charge on any atom is 0.224 e. The maximum absolute atomic E-state index is 12.5. The second-order valence-corrected chi connectivity index (χ2v) is 6.63. The van der Waals surface area contributed by atoms with Gasteiger partial charge in [-0.2, -0.15) is 0 Å². The van der Waals surface area contributed by atoms with Crippen molar-refractivity contribution in [3.05, 3.63) is 66.2 Å². The molecule has 0 aliphatic heterocycles. The van der Waals surface area contributed by atoms with E-state index >= 15 is 0 Å². The molecule has 0 radical (unpaired) electrons. The SMILES string of the molecule is COc1ccc(NC(C)=O)cc1NC(=O)CCC(=O)c1ccc2ccccc2c1. The van der Waals surface area contributed by atoms with Gasteiger partial charge in [0, 0.05) is 31.0 Å². The quantitative estimate of drug-likeness (QED) is 0.585. The summed E-state index contributed by atoms with van der Waals surface area (Å²) in [5.74, 6) is -0.149. The summed E-state index contributed by atoms with van der Waals surface area (Å²) in [6.07, 6.45) is 0.136. The van der Waals surface area contributed by atoms with Crippen LogP contribution in [-0.4, -0.2) is 24.7 Å². The topological polar surface area (TPSA) is 84.5 Å². The van der Waals surface area contributed by atoms with Crippen LogP contribution in [0, 0.1) is 0 Å². The van der Waals surface area contributed by atoms with E-state index in [4.69, 9.17) is 4.74 Å². The normalized spacial score (nSPS) is 10.4. The fourth-order valence-electron chi connectivity index (χ4n) is 3.03. The van der Waals surface area contributed by atoms with Gasteiger partial charge in [-0.15, -0.1) is 0 Å². The highest BCUT2D eigenvalue weighted by atomic mass is 16.5. The lowest BCUT2D eigenvalue weighted by atomic mass is 10.0. The van der Waals surface area contributed by atoms with Gasteiger partial charge in [-0.25, -0.2) is 0 Å². The molecule has 2 amide bonds. The third-order valence-electron chi connectivity index (χ3n) is 4.44. The van der Waals surface area contributed by atoms with E-state index in [0.29, 0.717) is 22.7 Å². The van der Waals surface area contributed by atoms with Crippen molar-refractivity contribution in [1.29, 1.82) is 0 Å². The predicted molar refractivity (Wildman–Crippen MR) is 113 cm³/mol. The number of carbonyl (C=O) groups is 3. The first-order valence-electron chi connectivity index (χ1n) is 9.24. The van der Waals surface area contributed by atoms with Crippen molar-refractivity contribution in [1.82, 2.24) is 0 Å². The van der Waals surface area contributed by atoms with Crippen molar-refractivity contribution in [3.8, 4) is 5.75 Å². The van der Waals surface area contributed by atoms with Gasteiger partial charge in [0.2, 0.25) is 11.8 Å². The summed E-state index contributed by atoms with van der Waals surface area (Å²) in [5.41, 5.74) is 1.56. The number of hydrogen-bond donors (Lipinski definition) is 2. The van der Waals surface area contributed by atoms with Crippen molar-refractivity contribution in [3.63, 3.8) is 0 Å². The van der Waals surface area contributed by atoms with Crippen LogP contribution in [0.3, 0.4) is 0 Å². The van der Waals surface area contributed by atoms with Crippen molar-refractivity contribution < 1.29 is 19.1 Å². The summed E-state index contributed by atoms with van der Waals surface area (Å²) in [6, 6.07) is 18.3. The molecule has 0 atom stereocenters. The van der Waals surface area contributed by atoms with Gasteiger partial charge in [-0.1, -0.05) is 36.4 Å².